The first-order valence-corrected chi connectivity index (χ1v) is 10.4. The van der Waals surface area contributed by atoms with Crippen molar-refractivity contribution in [3.63, 3.8) is 0 Å². The molecule has 25 heavy (non-hydrogen) atoms. The highest BCUT2D eigenvalue weighted by molar-refractivity contribution is 9.10. The number of benzene rings is 1. The lowest BCUT2D eigenvalue weighted by molar-refractivity contribution is -0.120. The van der Waals surface area contributed by atoms with Crippen LogP contribution in [0, 0.1) is 0 Å². The van der Waals surface area contributed by atoms with Crippen LogP contribution < -0.4 is 5.32 Å². The second kappa shape index (κ2) is 9.12. The minimum Gasteiger partial charge on any atom is -0.350 e. The molecular formula is C18H16BrN3OS2. The van der Waals surface area contributed by atoms with Gasteiger partial charge in [-0.2, -0.15) is 0 Å². The number of hydrogen-bond donors (Lipinski definition) is 1. The highest BCUT2D eigenvalue weighted by Gasteiger charge is 2.07. The Balaban J connectivity index is 1.42. The van der Waals surface area contributed by atoms with Gasteiger partial charge in [-0.15, -0.1) is 23.1 Å². The van der Waals surface area contributed by atoms with E-state index < -0.39 is 0 Å². The Morgan fingerprint density at radius 3 is 2.68 bits per heavy atom. The lowest BCUT2D eigenvalue weighted by Gasteiger charge is -2.04. The molecule has 2 aromatic heterocycles. The maximum atomic E-state index is 12.0. The van der Waals surface area contributed by atoms with Crippen molar-refractivity contribution in [2.45, 2.75) is 17.9 Å². The molecule has 128 valence electrons. The van der Waals surface area contributed by atoms with Crippen LogP contribution in [0.4, 0.5) is 0 Å². The summed E-state index contributed by atoms with van der Waals surface area (Å²) < 4.78 is 1.06. The lowest BCUT2D eigenvalue weighted by Crippen LogP contribution is -2.22. The first kappa shape index (κ1) is 18.1. The van der Waals surface area contributed by atoms with Crippen LogP contribution in [0.25, 0.3) is 11.3 Å². The van der Waals surface area contributed by atoms with E-state index in [-0.39, 0.29) is 5.91 Å². The number of hydrogen-bond acceptors (Lipinski definition) is 5. The number of pyridine rings is 1. The summed E-state index contributed by atoms with van der Waals surface area (Å²) in [5.74, 6) is 0.804. The summed E-state index contributed by atoms with van der Waals surface area (Å²) in [6, 6.07) is 12.0. The van der Waals surface area contributed by atoms with E-state index in [0.29, 0.717) is 13.0 Å². The van der Waals surface area contributed by atoms with Crippen molar-refractivity contribution in [3.8, 4) is 11.3 Å². The van der Waals surface area contributed by atoms with E-state index in [1.807, 2.05) is 41.8 Å². The van der Waals surface area contributed by atoms with E-state index >= 15 is 0 Å². The first-order valence-electron chi connectivity index (χ1n) is 7.70. The Hall–Kier alpha value is -1.70. The molecule has 0 fully saturated rings. The van der Waals surface area contributed by atoms with Gasteiger partial charge >= 0.3 is 0 Å². The van der Waals surface area contributed by atoms with E-state index in [1.165, 1.54) is 0 Å². The molecule has 1 aromatic carbocycles. The van der Waals surface area contributed by atoms with Crippen molar-refractivity contribution in [3.05, 3.63) is 63.7 Å². The second-order valence-corrected chi connectivity index (χ2v) is 8.22. The fourth-order valence-corrected chi connectivity index (χ4v) is 3.96. The molecule has 7 heteroatoms. The van der Waals surface area contributed by atoms with Gasteiger partial charge in [0.2, 0.25) is 5.91 Å². The van der Waals surface area contributed by atoms with Gasteiger partial charge in [0, 0.05) is 44.9 Å². The Kier molecular flexibility index (Phi) is 6.61. The number of thiazole rings is 1. The summed E-state index contributed by atoms with van der Waals surface area (Å²) in [6.45, 7) is 0.470. The Bertz CT molecular complexity index is 822. The minimum absolute atomic E-state index is 0.0465. The van der Waals surface area contributed by atoms with Gasteiger partial charge in [-0.1, -0.05) is 15.9 Å². The van der Waals surface area contributed by atoms with Gasteiger partial charge in [0.25, 0.3) is 0 Å². The largest absolute Gasteiger partial charge is 0.350 e. The van der Waals surface area contributed by atoms with Crippen molar-refractivity contribution < 1.29 is 4.79 Å². The third-order valence-corrected chi connectivity index (χ3v) is 5.77. The minimum atomic E-state index is 0.0465. The Labute approximate surface area is 163 Å². The SMILES string of the molecule is O=C(CCSc1ccc(Br)cc1)NCc1nc(-c2ccncc2)cs1. The molecule has 0 saturated carbocycles. The quantitative estimate of drug-likeness (QED) is 0.545. The van der Waals surface area contributed by atoms with Crippen molar-refractivity contribution >= 4 is 44.9 Å². The molecule has 0 spiro atoms. The van der Waals surface area contributed by atoms with E-state index in [1.54, 1.807) is 35.5 Å². The van der Waals surface area contributed by atoms with E-state index in [9.17, 15) is 4.79 Å². The normalized spacial score (nSPS) is 10.6. The fraction of sp³-hybridized carbons (Fsp3) is 0.167. The predicted octanol–water partition coefficient (Wildman–Crippen LogP) is 4.77. The van der Waals surface area contributed by atoms with Crippen molar-refractivity contribution in [2.24, 2.45) is 0 Å². The second-order valence-electron chi connectivity index (χ2n) is 5.19. The monoisotopic (exact) mass is 433 g/mol. The first-order chi connectivity index (χ1) is 12.2. The number of rotatable bonds is 7. The van der Waals surface area contributed by atoms with Gasteiger partial charge in [0.1, 0.15) is 5.01 Å². The van der Waals surface area contributed by atoms with Gasteiger partial charge in [-0.05, 0) is 36.4 Å². The summed E-state index contributed by atoms with van der Waals surface area (Å²) in [6.07, 6.45) is 3.99. The molecule has 4 nitrogen and oxygen atoms in total. The molecule has 0 saturated heterocycles. The summed E-state index contributed by atoms with van der Waals surface area (Å²) >= 11 is 6.65. The number of carbonyl (C=O) groups excluding carboxylic acids is 1. The zero-order chi connectivity index (χ0) is 17.5. The lowest BCUT2D eigenvalue weighted by atomic mass is 10.2. The Morgan fingerprint density at radius 2 is 1.92 bits per heavy atom. The number of thioether (sulfide) groups is 1. The average Bonchev–Trinajstić information content (AvgIpc) is 3.11. The van der Waals surface area contributed by atoms with E-state index in [0.717, 1.165) is 31.4 Å². The van der Waals surface area contributed by atoms with Crippen molar-refractivity contribution in [1.82, 2.24) is 15.3 Å². The molecule has 0 radical (unpaired) electrons. The number of aromatic nitrogens is 2. The van der Waals surface area contributed by atoms with Crippen LogP contribution in [0.3, 0.4) is 0 Å². The van der Waals surface area contributed by atoms with Gasteiger partial charge in [-0.25, -0.2) is 4.98 Å². The predicted molar refractivity (Wildman–Crippen MR) is 107 cm³/mol. The standard InChI is InChI=1S/C18H16BrN3OS2/c19-14-1-3-15(4-2-14)24-10-7-17(23)21-11-18-22-16(12-25-18)13-5-8-20-9-6-13/h1-6,8-9,12H,7,10-11H2,(H,21,23). The average molecular weight is 434 g/mol. The molecule has 0 atom stereocenters. The molecule has 3 rings (SSSR count). The van der Waals surface area contributed by atoms with E-state index in [2.05, 4.69) is 31.2 Å². The summed E-state index contributed by atoms with van der Waals surface area (Å²) in [7, 11) is 0. The van der Waals surface area contributed by atoms with Crippen LogP contribution in [0.1, 0.15) is 11.4 Å². The highest BCUT2D eigenvalue weighted by Crippen LogP contribution is 2.22. The van der Waals surface area contributed by atoms with E-state index in [4.69, 9.17) is 0 Å². The molecule has 0 unspecified atom stereocenters. The molecule has 3 aromatic rings. The van der Waals surface area contributed by atoms with Gasteiger partial charge < -0.3 is 5.32 Å². The summed E-state index contributed by atoms with van der Waals surface area (Å²) in [5.41, 5.74) is 1.96. The molecule has 2 heterocycles. The molecule has 0 aliphatic heterocycles. The van der Waals surface area contributed by atoms with Gasteiger partial charge in [-0.3, -0.25) is 9.78 Å². The Morgan fingerprint density at radius 1 is 1.16 bits per heavy atom. The zero-order valence-corrected chi connectivity index (χ0v) is 16.5. The molecule has 0 aliphatic rings. The van der Waals surface area contributed by atoms with Crippen LogP contribution in [0.5, 0.6) is 0 Å². The topological polar surface area (TPSA) is 54.9 Å². The van der Waals surface area contributed by atoms with Crippen LogP contribution in [0.15, 0.2) is 63.5 Å². The van der Waals surface area contributed by atoms with Crippen LogP contribution in [-0.2, 0) is 11.3 Å². The number of carbonyl (C=O) groups is 1. The number of halogens is 1. The summed E-state index contributed by atoms with van der Waals surface area (Å²) in [5, 5.41) is 5.84. The molecular weight excluding hydrogens is 418 g/mol. The van der Waals surface area contributed by atoms with Crippen LogP contribution in [-0.4, -0.2) is 21.6 Å². The summed E-state index contributed by atoms with van der Waals surface area (Å²) in [4.78, 5) is 21.7. The number of nitrogens with one attached hydrogen (secondary N) is 1. The number of amides is 1. The third-order valence-electron chi connectivity index (χ3n) is 3.38. The molecule has 1 N–H and O–H groups in total. The molecule has 0 aliphatic carbocycles. The zero-order valence-electron chi connectivity index (χ0n) is 13.3. The van der Waals surface area contributed by atoms with Crippen molar-refractivity contribution in [1.29, 1.82) is 0 Å². The third kappa shape index (κ3) is 5.66. The fourth-order valence-electron chi connectivity index (χ4n) is 2.10. The maximum absolute atomic E-state index is 12.0. The van der Waals surface area contributed by atoms with Gasteiger partial charge in [0.05, 0.1) is 12.2 Å². The maximum Gasteiger partial charge on any atom is 0.221 e. The van der Waals surface area contributed by atoms with Crippen LogP contribution in [0.2, 0.25) is 0 Å². The van der Waals surface area contributed by atoms with Crippen molar-refractivity contribution in [2.75, 3.05) is 5.75 Å². The molecule has 1 amide bonds. The van der Waals surface area contributed by atoms with Gasteiger partial charge in [0.15, 0.2) is 0 Å². The molecule has 0 bridgehead atoms. The highest BCUT2D eigenvalue weighted by atomic mass is 79.9. The van der Waals surface area contributed by atoms with Crippen LogP contribution >= 0.6 is 39.0 Å². The smallest absolute Gasteiger partial charge is 0.221 e. The number of nitrogens with zero attached hydrogens (tertiary/aromatic N) is 2.